The topological polar surface area (TPSA) is 34.1 Å². The summed E-state index contributed by atoms with van der Waals surface area (Å²) in [6.07, 6.45) is 4.21. The van der Waals surface area contributed by atoms with Gasteiger partial charge in [0.1, 0.15) is 11.6 Å². The monoisotopic (exact) mass is 270 g/mol. The van der Waals surface area contributed by atoms with Gasteiger partial charge in [-0.25, -0.2) is 0 Å². The normalized spacial score (nSPS) is 33.9. The number of hydrogen-bond donors (Lipinski definition) is 0. The molecule has 1 aromatic rings. The van der Waals surface area contributed by atoms with Crippen LogP contribution in [0.15, 0.2) is 24.3 Å². The summed E-state index contributed by atoms with van der Waals surface area (Å²) in [5.74, 6) is 0.573. The molecule has 106 valence electrons. The number of ketones is 2. The van der Waals surface area contributed by atoms with E-state index in [1.165, 1.54) is 11.1 Å². The number of fused-ring (bicyclic) bond motifs is 4. The van der Waals surface area contributed by atoms with Crippen LogP contribution < -0.4 is 0 Å². The maximum Gasteiger partial charge on any atom is 0.140 e. The van der Waals surface area contributed by atoms with E-state index < -0.39 is 10.8 Å². The molecule has 3 aliphatic carbocycles. The number of benzene rings is 1. The van der Waals surface area contributed by atoms with Gasteiger partial charge < -0.3 is 0 Å². The highest BCUT2D eigenvalue weighted by Crippen LogP contribution is 2.45. The molecule has 0 saturated heterocycles. The van der Waals surface area contributed by atoms with Crippen LogP contribution in [0.1, 0.15) is 50.7 Å². The molecule has 20 heavy (non-hydrogen) atoms. The minimum atomic E-state index is -0.447. The Morgan fingerprint density at radius 1 is 0.850 bits per heavy atom. The van der Waals surface area contributed by atoms with Gasteiger partial charge in [-0.15, -0.1) is 0 Å². The molecule has 4 bridgehead atoms. The third kappa shape index (κ3) is 2.21. The highest BCUT2D eigenvalue weighted by atomic mass is 16.1. The first-order valence-electron chi connectivity index (χ1n) is 7.56. The number of Topliss-reactive ketones (excluding diaryl/α,β-unsaturated/α-hetero) is 2. The van der Waals surface area contributed by atoms with Crippen LogP contribution in [0, 0.1) is 10.8 Å². The molecule has 1 saturated carbocycles. The van der Waals surface area contributed by atoms with Gasteiger partial charge in [-0.2, -0.15) is 0 Å². The Morgan fingerprint density at radius 3 is 1.75 bits per heavy atom. The first kappa shape index (κ1) is 13.5. The second kappa shape index (κ2) is 4.54. The van der Waals surface area contributed by atoms with E-state index in [1.54, 1.807) is 0 Å². The number of hydrogen-bond acceptors (Lipinski definition) is 2. The molecular formula is C18H22O2. The first-order valence-corrected chi connectivity index (χ1v) is 7.56. The minimum Gasteiger partial charge on any atom is -0.299 e. The molecule has 2 nitrogen and oxygen atoms in total. The molecule has 0 aliphatic heterocycles. The second-order valence-electron chi connectivity index (χ2n) is 7.14. The highest BCUT2D eigenvalue weighted by Gasteiger charge is 2.48. The molecule has 0 heterocycles. The van der Waals surface area contributed by atoms with Gasteiger partial charge in [0.2, 0.25) is 0 Å². The predicted octanol–water partition coefficient (Wildman–Crippen LogP) is 3.51. The smallest absolute Gasteiger partial charge is 0.140 e. The number of rotatable bonds is 0. The lowest BCUT2D eigenvalue weighted by Gasteiger charge is -2.40. The van der Waals surface area contributed by atoms with E-state index in [9.17, 15) is 9.59 Å². The number of carbonyl (C=O) groups excluding carboxylic acids is 2. The molecular weight excluding hydrogens is 248 g/mol. The lowest BCUT2D eigenvalue weighted by atomic mass is 9.61. The molecule has 0 radical (unpaired) electrons. The SMILES string of the molecule is CC12CCc3cccc(c3)CCC(C)(CC1=O)C(=O)C2. The minimum absolute atomic E-state index is 0.287. The Balaban J connectivity index is 2.02. The Morgan fingerprint density at radius 2 is 1.30 bits per heavy atom. The van der Waals surface area contributed by atoms with E-state index in [2.05, 4.69) is 24.3 Å². The van der Waals surface area contributed by atoms with Crippen LogP contribution in [0.2, 0.25) is 0 Å². The molecule has 2 heteroatoms. The third-order valence-electron chi connectivity index (χ3n) is 5.37. The van der Waals surface area contributed by atoms with Crippen molar-refractivity contribution in [3.63, 3.8) is 0 Å². The number of aryl methyl sites for hydroxylation is 2. The van der Waals surface area contributed by atoms with Crippen molar-refractivity contribution in [1.29, 1.82) is 0 Å². The van der Waals surface area contributed by atoms with Crippen LogP contribution in [0.5, 0.6) is 0 Å². The highest BCUT2D eigenvalue weighted by molar-refractivity contribution is 6.00. The van der Waals surface area contributed by atoms with Gasteiger partial charge in [0.25, 0.3) is 0 Å². The fourth-order valence-corrected chi connectivity index (χ4v) is 3.57. The van der Waals surface area contributed by atoms with Crippen molar-refractivity contribution >= 4 is 11.6 Å². The average molecular weight is 270 g/mol. The van der Waals surface area contributed by atoms with Crippen LogP contribution in [0.4, 0.5) is 0 Å². The van der Waals surface area contributed by atoms with Crippen LogP contribution >= 0.6 is 0 Å². The Bertz CT molecular complexity index is 527. The summed E-state index contributed by atoms with van der Waals surface area (Å²) in [5, 5.41) is 0. The van der Waals surface area contributed by atoms with Gasteiger partial charge in [0.05, 0.1) is 0 Å². The molecule has 0 aromatic heterocycles. The molecule has 2 atom stereocenters. The standard InChI is InChI=1S/C18H22O2/c1-17-8-6-13-4-3-5-14(10-13)7-9-18(2,12-15(17)19)16(20)11-17/h3-5,10H,6-9,11-12H2,1-2H3. The van der Waals surface area contributed by atoms with E-state index in [0.29, 0.717) is 12.8 Å². The molecule has 0 spiro atoms. The maximum atomic E-state index is 12.6. The number of carbonyl (C=O) groups is 2. The summed E-state index contributed by atoms with van der Waals surface area (Å²) in [5.41, 5.74) is 1.69. The summed E-state index contributed by atoms with van der Waals surface area (Å²) < 4.78 is 0. The van der Waals surface area contributed by atoms with E-state index in [0.717, 1.165) is 25.7 Å². The summed E-state index contributed by atoms with van der Waals surface area (Å²) in [6.45, 7) is 3.96. The van der Waals surface area contributed by atoms with E-state index in [1.807, 2.05) is 13.8 Å². The Hall–Kier alpha value is -1.44. The zero-order chi connectivity index (χ0) is 14.4. The van der Waals surface area contributed by atoms with Gasteiger partial charge in [-0.3, -0.25) is 9.59 Å². The summed E-state index contributed by atoms with van der Waals surface area (Å²) >= 11 is 0. The fourth-order valence-electron chi connectivity index (χ4n) is 3.57. The van der Waals surface area contributed by atoms with Crippen LogP contribution in [-0.4, -0.2) is 11.6 Å². The van der Waals surface area contributed by atoms with Crippen LogP contribution in [0.3, 0.4) is 0 Å². The average Bonchev–Trinajstić information content (AvgIpc) is 2.43. The molecule has 0 N–H and O–H groups in total. The predicted molar refractivity (Wildman–Crippen MR) is 78.5 cm³/mol. The van der Waals surface area contributed by atoms with Crippen LogP contribution in [0.25, 0.3) is 0 Å². The van der Waals surface area contributed by atoms with Crippen molar-refractivity contribution in [2.24, 2.45) is 10.8 Å². The molecule has 0 amide bonds. The van der Waals surface area contributed by atoms with E-state index in [-0.39, 0.29) is 11.6 Å². The summed E-state index contributed by atoms with van der Waals surface area (Å²) in [4.78, 5) is 25.1. The molecule has 2 unspecified atom stereocenters. The lowest BCUT2D eigenvalue weighted by molar-refractivity contribution is -0.148. The Kier molecular flexibility index (Phi) is 3.07. The first-order chi connectivity index (χ1) is 9.41. The van der Waals surface area contributed by atoms with Gasteiger partial charge in [-0.05, 0) is 36.8 Å². The van der Waals surface area contributed by atoms with Crippen molar-refractivity contribution in [2.75, 3.05) is 0 Å². The largest absolute Gasteiger partial charge is 0.299 e. The van der Waals surface area contributed by atoms with Gasteiger partial charge in [0.15, 0.2) is 0 Å². The fraction of sp³-hybridized carbons (Fsp3) is 0.556. The molecule has 1 fully saturated rings. The van der Waals surface area contributed by atoms with Gasteiger partial charge >= 0.3 is 0 Å². The maximum absolute atomic E-state index is 12.6. The molecule has 3 aliphatic rings. The third-order valence-corrected chi connectivity index (χ3v) is 5.37. The van der Waals surface area contributed by atoms with E-state index >= 15 is 0 Å². The zero-order valence-electron chi connectivity index (χ0n) is 12.4. The summed E-state index contributed by atoms with van der Waals surface area (Å²) in [6, 6.07) is 8.60. The van der Waals surface area contributed by atoms with Crippen molar-refractivity contribution < 1.29 is 9.59 Å². The molecule has 1 aromatic carbocycles. The van der Waals surface area contributed by atoms with Gasteiger partial charge in [0, 0.05) is 23.7 Å². The van der Waals surface area contributed by atoms with Crippen molar-refractivity contribution in [3.8, 4) is 0 Å². The summed E-state index contributed by atoms with van der Waals surface area (Å²) in [7, 11) is 0. The van der Waals surface area contributed by atoms with Crippen LogP contribution in [-0.2, 0) is 22.4 Å². The second-order valence-corrected chi connectivity index (χ2v) is 7.14. The quantitative estimate of drug-likeness (QED) is 0.723. The zero-order valence-corrected chi connectivity index (χ0v) is 12.4. The van der Waals surface area contributed by atoms with Gasteiger partial charge in [-0.1, -0.05) is 38.1 Å². The lowest BCUT2D eigenvalue weighted by Crippen LogP contribution is -2.46. The van der Waals surface area contributed by atoms with Crippen molar-refractivity contribution in [2.45, 2.75) is 52.4 Å². The van der Waals surface area contributed by atoms with E-state index in [4.69, 9.17) is 0 Å². The molecule has 4 rings (SSSR count). The Labute approximate surface area is 120 Å². The van der Waals surface area contributed by atoms with Crippen molar-refractivity contribution in [1.82, 2.24) is 0 Å². The van der Waals surface area contributed by atoms with Crippen molar-refractivity contribution in [3.05, 3.63) is 35.4 Å².